The fraction of sp³-hybridized carbons (Fsp3) is 0.182. The van der Waals surface area contributed by atoms with Gasteiger partial charge >= 0.3 is 0 Å². The van der Waals surface area contributed by atoms with E-state index in [1.54, 1.807) is 18.2 Å². The van der Waals surface area contributed by atoms with Crippen LogP contribution in [-0.2, 0) is 6.42 Å². The van der Waals surface area contributed by atoms with Crippen LogP contribution < -0.4 is 5.73 Å². The molecule has 4 heteroatoms. The number of hydrogen-bond acceptors (Lipinski definition) is 3. The lowest BCUT2D eigenvalue weighted by molar-refractivity contribution is 0.504. The van der Waals surface area contributed by atoms with E-state index >= 15 is 0 Å². The van der Waals surface area contributed by atoms with Gasteiger partial charge in [-0.25, -0.2) is 9.37 Å². The molecule has 3 nitrogen and oxygen atoms in total. The van der Waals surface area contributed by atoms with Crippen LogP contribution in [0.5, 0.6) is 0 Å². The van der Waals surface area contributed by atoms with E-state index < -0.39 is 0 Å². The Balaban J connectivity index is 2.33. The number of nitrogens with two attached hydrogens (primary N) is 1. The van der Waals surface area contributed by atoms with Crippen molar-refractivity contribution >= 4 is 0 Å². The number of nitrogens with zero attached hydrogens (tertiary/aromatic N) is 1. The number of oxazole rings is 1. The first-order chi connectivity index (χ1) is 7.31. The van der Waals surface area contributed by atoms with Gasteiger partial charge in [0.2, 0.25) is 0 Å². The molecule has 0 aliphatic carbocycles. The van der Waals surface area contributed by atoms with Crippen LogP contribution in [0, 0.1) is 5.82 Å². The van der Waals surface area contributed by atoms with Gasteiger partial charge in [-0.1, -0.05) is 12.1 Å². The minimum atomic E-state index is -0.312. The summed E-state index contributed by atoms with van der Waals surface area (Å²) in [5, 5.41) is 0. The molecule has 0 aliphatic heterocycles. The Labute approximate surface area is 86.7 Å². The quantitative estimate of drug-likeness (QED) is 0.835. The Hall–Kier alpha value is -1.68. The van der Waals surface area contributed by atoms with Crippen LogP contribution in [0.2, 0.25) is 0 Å². The minimum absolute atomic E-state index is 0.312. The number of aromatic nitrogens is 1. The van der Waals surface area contributed by atoms with Crippen LogP contribution in [-0.4, -0.2) is 11.5 Å². The van der Waals surface area contributed by atoms with Crippen LogP contribution in [0.4, 0.5) is 4.39 Å². The zero-order chi connectivity index (χ0) is 10.7. The first-order valence-electron chi connectivity index (χ1n) is 4.71. The molecule has 2 aromatic rings. The maximum absolute atomic E-state index is 13.4. The molecule has 0 aliphatic rings. The average molecular weight is 206 g/mol. The SMILES string of the molecule is NCCc1ncc(-c2ccccc2F)o1. The van der Waals surface area contributed by atoms with Gasteiger partial charge in [0, 0.05) is 13.0 Å². The molecule has 0 amide bonds. The summed E-state index contributed by atoms with van der Waals surface area (Å²) < 4.78 is 18.7. The van der Waals surface area contributed by atoms with Crippen LogP contribution in [0.3, 0.4) is 0 Å². The van der Waals surface area contributed by atoms with Gasteiger partial charge in [-0.3, -0.25) is 0 Å². The van der Waals surface area contributed by atoms with Crippen LogP contribution in [0.1, 0.15) is 5.89 Å². The maximum Gasteiger partial charge on any atom is 0.196 e. The molecule has 1 aromatic heterocycles. The standard InChI is InChI=1S/C11H11FN2O/c12-9-4-2-1-3-8(9)10-7-14-11(15-10)5-6-13/h1-4,7H,5-6,13H2. The average Bonchev–Trinajstić information content (AvgIpc) is 2.68. The number of hydrogen-bond donors (Lipinski definition) is 1. The molecule has 0 fully saturated rings. The molecule has 0 saturated heterocycles. The highest BCUT2D eigenvalue weighted by molar-refractivity contribution is 5.56. The molecule has 15 heavy (non-hydrogen) atoms. The van der Waals surface area contributed by atoms with Crippen molar-refractivity contribution in [3.8, 4) is 11.3 Å². The predicted molar refractivity (Wildman–Crippen MR) is 54.7 cm³/mol. The zero-order valence-electron chi connectivity index (χ0n) is 8.11. The largest absolute Gasteiger partial charge is 0.441 e. The van der Waals surface area contributed by atoms with Gasteiger partial charge in [0.25, 0.3) is 0 Å². The third-order valence-electron chi connectivity index (χ3n) is 2.05. The van der Waals surface area contributed by atoms with Crippen molar-refractivity contribution in [2.45, 2.75) is 6.42 Å². The molecule has 0 atom stereocenters. The van der Waals surface area contributed by atoms with Crippen molar-refractivity contribution in [3.63, 3.8) is 0 Å². The van der Waals surface area contributed by atoms with Crippen molar-refractivity contribution in [1.82, 2.24) is 4.98 Å². The van der Waals surface area contributed by atoms with E-state index in [0.717, 1.165) is 0 Å². The van der Waals surface area contributed by atoms with E-state index in [1.807, 2.05) is 0 Å². The monoisotopic (exact) mass is 206 g/mol. The number of rotatable bonds is 3. The second-order valence-corrected chi connectivity index (χ2v) is 3.14. The fourth-order valence-corrected chi connectivity index (χ4v) is 1.33. The van der Waals surface area contributed by atoms with Crippen molar-refractivity contribution in [2.24, 2.45) is 5.73 Å². The third-order valence-corrected chi connectivity index (χ3v) is 2.05. The Morgan fingerprint density at radius 3 is 2.87 bits per heavy atom. The minimum Gasteiger partial charge on any atom is -0.441 e. The van der Waals surface area contributed by atoms with Crippen LogP contribution in [0.25, 0.3) is 11.3 Å². The topological polar surface area (TPSA) is 52.0 Å². The lowest BCUT2D eigenvalue weighted by Gasteiger charge is -1.97. The van der Waals surface area contributed by atoms with Crippen molar-refractivity contribution in [1.29, 1.82) is 0 Å². The summed E-state index contributed by atoms with van der Waals surface area (Å²) in [7, 11) is 0. The van der Waals surface area contributed by atoms with Gasteiger partial charge in [0.05, 0.1) is 11.8 Å². The van der Waals surface area contributed by atoms with Crippen LogP contribution >= 0.6 is 0 Å². The smallest absolute Gasteiger partial charge is 0.196 e. The van der Waals surface area contributed by atoms with Gasteiger partial charge < -0.3 is 10.2 Å². The highest BCUT2D eigenvalue weighted by atomic mass is 19.1. The third kappa shape index (κ3) is 2.05. The Morgan fingerprint density at radius 1 is 1.33 bits per heavy atom. The number of halogens is 1. The normalized spacial score (nSPS) is 10.5. The molecule has 1 aromatic carbocycles. The molecule has 0 spiro atoms. The Bertz CT molecular complexity index is 453. The maximum atomic E-state index is 13.4. The van der Waals surface area contributed by atoms with E-state index in [2.05, 4.69) is 4.98 Å². The Morgan fingerprint density at radius 2 is 2.13 bits per heavy atom. The van der Waals surface area contributed by atoms with Gasteiger partial charge in [-0.05, 0) is 12.1 Å². The van der Waals surface area contributed by atoms with Gasteiger partial charge in [0.15, 0.2) is 11.7 Å². The summed E-state index contributed by atoms with van der Waals surface area (Å²) in [6, 6.07) is 6.43. The van der Waals surface area contributed by atoms with E-state index in [1.165, 1.54) is 12.3 Å². The van der Waals surface area contributed by atoms with Gasteiger partial charge in [-0.15, -0.1) is 0 Å². The highest BCUT2D eigenvalue weighted by Gasteiger charge is 2.09. The lowest BCUT2D eigenvalue weighted by atomic mass is 10.2. The second kappa shape index (κ2) is 4.23. The molecule has 0 radical (unpaired) electrons. The summed E-state index contributed by atoms with van der Waals surface area (Å²) in [6.07, 6.45) is 2.08. The molecule has 0 unspecified atom stereocenters. The second-order valence-electron chi connectivity index (χ2n) is 3.14. The van der Waals surface area contributed by atoms with Gasteiger partial charge in [0.1, 0.15) is 5.82 Å². The fourth-order valence-electron chi connectivity index (χ4n) is 1.33. The van der Waals surface area contributed by atoms with Crippen molar-refractivity contribution < 1.29 is 8.81 Å². The molecule has 1 heterocycles. The molecule has 78 valence electrons. The number of benzene rings is 1. The molecule has 0 bridgehead atoms. The van der Waals surface area contributed by atoms with E-state index in [9.17, 15) is 4.39 Å². The first-order valence-corrected chi connectivity index (χ1v) is 4.71. The molecule has 0 saturated carbocycles. The summed E-state index contributed by atoms with van der Waals surface area (Å²) in [6.45, 7) is 0.469. The molecular formula is C11H11FN2O. The molecule has 2 rings (SSSR count). The Kier molecular flexibility index (Phi) is 2.78. The summed E-state index contributed by atoms with van der Waals surface area (Å²) >= 11 is 0. The predicted octanol–water partition coefficient (Wildman–Crippen LogP) is 1.98. The van der Waals surface area contributed by atoms with Crippen molar-refractivity contribution in [3.05, 3.63) is 42.2 Å². The summed E-state index contributed by atoms with van der Waals surface area (Å²) in [5.74, 6) is 0.667. The van der Waals surface area contributed by atoms with Gasteiger partial charge in [-0.2, -0.15) is 0 Å². The van der Waals surface area contributed by atoms with Crippen LogP contribution in [0.15, 0.2) is 34.9 Å². The molecule has 2 N–H and O–H groups in total. The van der Waals surface area contributed by atoms with E-state index in [0.29, 0.717) is 30.2 Å². The van der Waals surface area contributed by atoms with E-state index in [4.69, 9.17) is 10.2 Å². The summed E-state index contributed by atoms with van der Waals surface area (Å²) in [4.78, 5) is 4.01. The lowest BCUT2D eigenvalue weighted by Crippen LogP contribution is -2.02. The van der Waals surface area contributed by atoms with Crippen molar-refractivity contribution in [2.75, 3.05) is 6.54 Å². The first kappa shape index (κ1) is 9.86. The zero-order valence-corrected chi connectivity index (χ0v) is 8.11. The summed E-state index contributed by atoms with van der Waals surface area (Å²) in [5.41, 5.74) is 5.79. The molecular weight excluding hydrogens is 195 g/mol. The highest BCUT2D eigenvalue weighted by Crippen LogP contribution is 2.23. The van der Waals surface area contributed by atoms with E-state index in [-0.39, 0.29) is 5.82 Å².